The fourth-order valence-corrected chi connectivity index (χ4v) is 2.92. The van der Waals surface area contributed by atoms with Crippen LogP contribution in [-0.4, -0.2) is 62.5 Å². The van der Waals surface area contributed by atoms with Gasteiger partial charge in [-0.2, -0.15) is 0 Å². The molecule has 19 heavy (non-hydrogen) atoms. The number of piperidine rings is 1. The summed E-state index contributed by atoms with van der Waals surface area (Å²) in [5.41, 5.74) is 0. The third-order valence-electron chi connectivity index (χ3n) is 4.23. The van der Waals surface area contributed by atoms with Gasteiger partial charge in [-0.25, -0.2) is 0 Å². The van der Waals surface area contributed by atoms with Crippen LogP contribution in [0.5, 0.6) is 0 Å². The normalized spacial score (nSPS) is 29.8. The molecule has 2 aliphatic heterocycles. The Hall–Kier alpha value is -0.160. The van der Waals surface area contributed by atoms with Gasteiger partial charge in [0.2, 0.25) is 0 Å². The molecule has 2 heterocycles. The molecule has 2 aliphatic rings. The molecule has 0 bridgehead atoms. The molecule has 0 aliphatic carbocycles. The quantitative estimate of drug-likeness (QED) is 0.744. The number of morpholine rings is 1. The lowest BCUT2D eigenvalue weighted by molar-refractivity contribution is -0.0766. The van der Waals surface area contributed by atoms with Crippen LogP contribution in [0.4, 0.5) is 0 Å². The number of hydrogen-bond acceptors (Lipinski definition) is 4. The van der Waals surface area contributed by atoms with Crippen LogP contribution >= 0.6 is 0 Å². The summed E-state index contributed by atoms with van der Waals surface area (Å²) in [6, 6.07) is 1.28. The van der Waals surface area contributed by atoms with E-state index in [4.69, 9.17) is 9.47 Å². The van der Waals surface area contributed by atoms with Crippen molar-refractivity contribution in [3.63, 3.8) is 0 Å². The van der Waals surface area contributed by atoms with Gasteiger partial charge in [-0.05, 0) is 39.7 Å². The molecule has 2 rings (SSSR count). The standard InChI is InChI=1S/C15H30N2O2/c1-13(2)17-8-10-19-15(11-17)12-18-9-6-14-5-3-4-7-16-14/h13-16H,3-12H2,1-2H3. The van der Waals surface area contributed by atoms with Gasteiger partial charge in [0, 0.05) is 31.8 Å². The maximum absolute atomic E-state index is 5.81. The summed E-state index contributed by atoms with van der Waals surface area (Å²) in [5.74, 6) is 0. The predicted molar refractivity (Wildman–Crippen MR) is 77.5 cm³/mol. The molecule has 2 fully saturated rings. The molecule has 0 aromatic rings. The van der Waals surface area contributed by atoms with Gasteiger partial charge in [-0.15, -0.1) is 0 Å². The Labute approximate surface area is 117 Å². The van der Waals surface area contributed by atoms with Crippen LogP contribution in [0.3, 0.4) is 0 Å². The van der Waals surface area contributed by atoms with Crippen molar-refractivity contribution in [1.29, 1.82) is 0 Å². The van der Waals surface area contributed by atoms with E-state index in [1.54, 1.807) is 0 Å². The number of hydrogen-bond donors (Lipinski definition) is 1. The SMILES string of the molecule is CC(C)N1CCOC(COCCC2CCCCN2)C1. The summed E-state index contributed by atoms with van der Waals surface area (Å²) < 4.78 is 11.6. The minimum Gasteiger partial charge on any atom is -0.379 e. The van der Waals surface area contributed by atoms with Crippen molar-refractivity contribution < 1.29 is 9.47 Å². The summed E-state index contributed by atoms with van der Waals surface area (Å²) in [7, 11) is 0. The second-order valence-electron chi connectivity index (χ2n) is 6.09. The first-order valence-electron chi connectivity index (χ1n) is 7.92. The molecule has 0 spiro atoms. The zero-order chi connectivity index (χ0) is 13.5. The minimum absolute atomic E-state index is 0.260. The third kappa shape index (κ3) is 5.38. The van der Waals surface area contributed by atoms with E-state index in [2.05, 4.69) is 24.1 Å². The van der Waals surface area contributed by atoms with Gasteiger partial charge >= 0.3 is 0 Å². The summed E-state index contributed by atoms with van der Waals surface area (Å²) in [6.07, 6.45) is 5.41. The summed E-state index contributed by atoms with van der Waals surface area (Å²) in [6.45, 7) is 10.2. The van der Waals surface area contributed by atoms with Gasteiger partial charge in [-0.1, -0.05) is 6.42 Å². The fraction of sp³-hybridized carbons (Fsp3) is 1.00. The van der Waals surface area contributed by atoms with Crippen molar-refractivity contribution in [3.8, 4) is 0 Å². The summed E-state index contributed by atoms with van der Waals surface area (Å²) in [4.78, 5) is 2.47. The van der Waals surface area contributed by atoms with Gasteiger partial charge in [0.15, 0.2) is 0 Å². The first-order valence-corrected chi connectivity index (χ1v) is 7.92. The zero-order valence-electron chi connectivity index (χ0n) is 12.6. The van der Waals surface area contributed by atoms with Crippen molar-refractivity contribution in [3.05, 3.63) is 0 Å². The molecule has 0 radical (unpaired) electrons. The molecule has 2 atom stereocenters. The van der Waals surface area contributed by atoms with Crippen molar-refractivity contribution in [2.75, 3.05) is 39.5 Å². The highest BCUT2D eigenvalue weighted by molar-refractivity contribution is 4.74. The molecule has 112 valence electrons. The van der Waals surface area contributed by atoms with Crippen molar-refractivity contribution in [2.24, 2.45) is 0 Å². The molecule has 2 saturated heterocycles. The van der Waals surface area contributed by atoms with Gasteiger partial charge in [0.05, 0.1) is 19.3 Å². The van der Waals surface area contributed by atoms with Crippen LogP contribution in [0.2, 0.25) is 0 Å². The van der Waals surface area contributed by atoms with Gasteiger partial charge in [0.1, 0.15) is 0 Å². The molecule has 0 aromatic heterocycles. The molecular formula is C15H30N2O2. The van der Waals surface area contributed by atoms with Crippen LogP contribution < -0.4 is 5.32 Å². The topological polar surface area (TPSA) is 33.7 Å². The molecular weight excluding hydrogens is 240 g/mol. The Morgan fingerprint density at radius 3 is 3.00 bits per heavy atom. The average molecular weight is 270 g/mol. The van der Waals surface area contributed by atoms with E-state index in [0.29, 0.717) is 12.1 Å². The Balaban J connectivity index is 1.55. The second-order valence-corrected chi connectivity index (χ2v) is 6.09. The maximum atomic E-state index is 5.81. The van der Waals surface area contributed by atoms with E-state index >= 15 is 0 Å². The van der Waals surface area contributed by atoms with E-state index in [-0.39, 0.29) is 6.10 Å². The summed E-state index contributed by atoms with van der Waals surface area (Å²) in [5, 5.41) is 3.56. The fourth-order valence-electron chi connectivity index (χ4n) is 2.92. The van der Waals surface area contributed by atoms with Crippen molar-refractivity contribution in [2.45, 2.75) is 57.7 Å². The first kappa shape index (κ1) is 15.2. The zero-order valence-corrected chi connectivity index (χ0v) is 12.6. The number of ether oxygens (including phenoxy) is 2. The second kappa shape index (κ2) is 8.20. The van der Waals surface area contributed by atoms with E-state index in [9.17, 15) is 0 Å². The minimum atomic E-state index is 0.260. The molecule has 0 aromatic carbocycles. The molecule has 0 amide bonds. The highest BCUT2D eigenvalue weighted by Gasteiger charge is 2.22. The number of nitrogens with one attached hydrogen (secondary N) is 1. The molecule has 4 nitrogen and oxygen atoms in total. The van der Waals surface area contributed by atoms with Crippen LogP contribution in [0.25, 0.3) is 0 Å². The number of nitrogens with zero attached hydrogens (tertiary/aromatic N) is 1. The smallest absolute Gasteiger partial charge is 0.0935 e. The molecule has 4 heteroatoms. The van der Waals surface area contributed by atoms with E-state index in [1.807, 2.05) is 0 Å². The average Bonchev–Trinajstić information content (AvgIpc) is 2.45. The monoisotopic (exact) mass is 270 g/mol. The van der Waals surface area contributed by atoms with Crippen molar-refractivity contribution in [1.82, 2.24) is 10.2 Å². The number of rotatable bonds is 6. The largest absolute Gasteiger partial charge is 0.379 e. The lowest BCUT2D eigenvalue weighted by Gasteiger charge is -2.35. The van der Waals surface area contributed by atoms with Gasteiger partial charge in [-0.3, -0.25) is 4.90 Å². The van der Waals surface area contributed by atoms with Crippen LogP contribution in [0, 0.1) is 0 Å². The van der Waals surface area contributed by atoms with E-state index < -0.39 is 0 Å². The van der Waals surface area contributed by atoms with Crippen LogP contribution in [0.1, 0.15) is 39.5 Å². The van der Waals surface area contributed by atoms with Gasteiger partial charge in [0.25, 0.3) is 0 Å². The Bertz CT molecular complexity index is 242. The molecule has 2 unspecified atom stereocenters. The third-order valence-corrected chi connectivity index (χ3v) is 4.23. The summed E-state index contributed by atoms with van der Waals surface area (Å²) >= 11 is 0. The lowest BCUT2D eigenvalue weighted by atomic mass is 10.0. The highest BCUT2D eigenvalue weighted by Crippen LogP contribution is 2.11. The van der Waals surface area contributed by atoms with Gasteiger partial charge < -0.3 is 14.8 Å². The Morgan fingerprint density at radius 1 is 1.37 bits per heavy atom. The Kier molecular flexibility index (Phi) is 6.57. The van der Waals surface area contributed by atoms with Crippen molar-refractivity contribution >= 4 is 0 Å². The van der Waals surface area contributed by atoms with Crippen LogP contribution in [-0.2, 0) is 9.47 Å². The van der Waals surface area contributed by atoms with E-state index in [1.165, 1.54) is 25.8 Å². The predicted octanol–water partition coefficient (Wildman–Crippen LogP) is 1.64. The van der Waals surface area contributed by atoms with E-state index in [0.717, 1.165) is 39.3 Å². The highest BCUT2D eigenvalue weighted by atomic mass is 16.5. The molecule has 0 saturated carbocycles. The first-order chi connectivity index (χ1) is 9.25. The molecule has 1 N–H and O–H groups in total. The van der Waals surface area contributed by atoms with Crippen LogP contribution in [0.15, 0.2) is 0 Å². The Morgan fingerprint density at radius 2 is 2.26 bits per heavy atom. The maximum Gasteiger partial charge on any atom is 0.0935 e. The lowest BCUT2D eigenvalue weighted by Crippen LogP contribution is -2.47.